The summed E-state index contributed by atoms with van der Waals surface area (Å²) in [6, 6.07) is 7.93. The summed E-state index contributed by atoms with van der Waals surface area (Å²) in [6.45, 7) is 0. The number of hydrogen-bond acceptors (Lipinski definition) is 3. The van der Waals surface area contributed by atoms with E-state index in [2.05, 4.69) is 0 Å². The van der Waals surface area contributed by atoms with Crippen molar-refractivity contribution >= 4 is 0 Å². The summed E-state index contributed by atoms with van der Waals surface area (Å²) in [5.41, 5.74) is -1.67. The third kappa shape index (κ3) is 3.28. The Labute approximate surface area is 123 Å². The molecular formula is C15H9F4NO2. The standard InChI is InChI=1S/C15H9F4NO2/c1-21-10-4-5-14(13(16)7-10)22-11-3-2-9(8-20)12(6-11)15(17,18)19/h2-7H,1H3. The van der Waals surface area contributed by atoms with Crippen LogP contribution in [0.25, 0.3) is 0 Å². The van der Waals surface area contributed by atoms with Gasteiger partial charge in [0.15, 0.2) is 11.6 Å². The van der Waals surface area contributed by atoms with Crippen molar-refractivity contribution in [1.82, 2.24) is 0 Å². The molecule has 3 nitrogen and oxygen atoms in total. The number of rotatable bonds is 3. The minimum Gasteiger partial charge on any atom is -0.497 e. The van der Waals surface area contributed by atoms with Crippen molar-refractivity contribution in [2.24, 2.45) is 0 Å². The first-order chi connectivity index (χ1) is 10.3. The second-order valence-corrected chi connectivity index (χ2v) is 4.22. The maximum atomic E-state index is 13.7. The van der Waals surface area contributed by atoms with Gasteiger partial charge in [-0.15, -0.1) is 0 Å². The van der Waals surface area contributed by atoms with E-state index in [9.17, 15) is 17.6 Å². The molecule has 22 heavy (non-hydrogen) atoms. The maximum absolute atomic E-state index is 13.7. The zero-order chi connectivity index (χ0) is 16.3. The highest BCUT2D eigenvalue weighted by atomic mass is 19.4. The van der Waals surface area contributed by atoms with Crippen LogP contribution in [0.5, 0.6) is 17.2 Å². The summed E-state index contributed by atoms with van der Waals surface area (Å²) in [5.74, 6) is -1.01. The molecule has 0 aromatic heterocycles. The van der Waals surface area contributed by atoms with Crippen LogP contribution in [0, 0.1) is 17.1 Å². The van der Waals surface area contributed by atoms with Gasteiger partial charge in [0.25, 0.3) is 0 Å². The Hall–Kier alpha value is -2.75. The predicted molar refractivity (Wildman–Crippen MR) is 69.2 cm³/mol. The van der Waals surface area contributed by atoms with Crippen molar-refractivity contribution in [2.45, 2.75) is 6.18 Å². The van der Waals surface area contributed by atoms with Gasteiger partial charge in [-0.05, 0) is 30.3 Å². The van der Waals surface area contributed by atoms with Gasteiger partial charge in [0.2, 0.25) is 0 Å². The number of methoxy groups -OCH3 is 1. The lowest BCUT2D eigenvalue weighted by Crippen LogP contribution is -2.08. The molecule has 0 fully saturated rings. The number of hydrogen-bond donors (Lipinski definition) is 0. The van der Waals surface area contributed by atoms with Crippen LogP contribution in [0.1, 0.15) is 11.1 Å². The molecule has 0 heterocycles. The first-order valence-corrected chi connectivity index (χ1v) is 5.98. The summed E-state index contributed by atoms with van der Waals surface area (Å²) in [6.07, 6.45) is -4.71. The minimum atomic E-state index is -4.71. The molecule has 0 amide bonds. The number of nitriles is 1. The average molecular weight is 311 g/mol. The quantitative estimate of drug-likeness (QED) is 0.783. The zero-order valence-corrected chi connectivity index (χ0v) is 11.2. The predicted octanol–water partition coefficient (Wildman–Crippen LogP) is 4.52. The van der Waals surface area contributed by atoms with E-state index in [0.29, 0.717) is 6.07 Å². The van der Waals surface area contributed by atoms with Crippen molar-refractivity contribution in [1.29, 1.82) is 5.26 Å². The van der Waals surface area contributed by atoms with Gasteiger partial charge in [-0.3, -0.25) is 0 Å². The molecule has 7 heteroatoms. The van der Waals surface area contributed by atoms with Crippen molar-refractivity contribution in [3.05, 3.63) is 53.3 Å². The van der Waals surface area contributed by atoms with Crippen LogP contribution in [0.4, 0.5) is 17.6 Å². The van der Waals surface area contributed by atoms with E-state index in [4.69, 9.17) is 14.7 Å². The van der Waals surface area contributed by atoms with E-state index >= 15 is 0 Å². The third-order valence-electron chi connectivity index (χ3n) is 2.78. The van der Waals surface area contributed by atoms with Crippen LogP contribution in [0.3, 0.4) is 0 Å². The fourth-order valence-corrected chi connectivity index (χ4v) is 1.74. The van der Waals surface area contributed by atoms with Gasteiger partial charge in [0.05, 0.1) is 24.3 Å². The van der Waals surface area contributed by atoms with Gasteiger partial charge < -0.3 is 9.47 Å². The second kappa shape index (κ2) is 5.93. The third-order valence-corrected chi connectivity index (χ3v) is 2.78. The maximum Gasteiger partial charge on any atom is 0.417 e. The molecule has 0 aliphatic heterocycles. The molecule has 2 aromatic carbocycles. The lowest BCUT2D eigenvalue weighted by Gasteiger charge is -2.12. The SMILES string of the molecule is COc1ccc(Oc2ccc(C#N)c(C(F)(F)F)c2)c(F)c1. The molecule has 0 bridgehead atoms. The van der Waals surface area contributed by atoms with Crippen LogP contribution < -0.4 is 9.47 Å². The Balaban J connectivity index is 2.37. The Morgan fingerprint density at radius 1 is 1.05 bits per heavy atom. The fraction of sp³-hybridized carbons (Fsp3) is 0.133. The highest BCUT2D eigenvalue weighted by Crippen LogP contribution is 2.36. The number of alkyl halides is 3. The fourth-order valence-electron chi connectivity index (χ4n) is 1.74. The van der Waals surface area contributed by atoms with E-state index < -0.39 is 23.1 Å². The average Bonchev–Trinajstić information content (AvgIpc) is 2.48. The lowest BCUT2D eigenvalue weighted by atomic mass is 10.1. The van der Waals surface area contributed by atoms with Crippen molar-refractivity contribution in [3.8, 4) is 23.3 Å². The van der Waals surface area contributed by atoms with E-state index in [-0.39, 0.29) is 17.2 Å². The van der Waals surface area contributed by atoms with E-state index in [1.54, 1.807) is 0 Å². The Morgan fingerprint density at radius 3 is 2.27 bits per heavy atom. The van der Waals surface area contributed by atoms with Crippen molar-refractivity contribution in [3.63, 3.8) is 0 Å². The number of nitrogens with zero attached hydrogens (tertiary/aromatic N) is 1. The molecule has 2 rings (SSSR count). The van der Waals surface area contributed by atoms with Gasteiger partial charge in [-0.1, -0.05) is 0 Å². The molecule has 2 aromatic rings. The summed E-state index contributed by atoms with van der Waals surface area (Å²) >= 11 is 0. The molecule has 0 saturated heterocycles. The van der Waals surface area contributed by atoms with Crippen molar-refractivity contribution < 1.29 is 27.0 Å². The van der Waals surface area contributed by atoms with E-state index in [1.165, 1.54) is 25.3 Å². The topological polar surface area (TPSA) is 42.2 Å². The molecule has 0 radical (unpaired) electrons. The van der Waals surface area contributed by atoms with Gasteiger partial charge in [0, 0.05) is 6.07 Å². The minimum absolute atomic E-state index is 0.226. The highest BCUT2D eigenvalue weighted by molar-refractivity contribution is 5.46. The molecule has 0 saturated carbocycles. The largest absolute Gasteiger partial charge is 0.497 e. The number of ether oxygens (including phenoxy) is 2. The molecule has 0 N–H and O–H groups in total. The Kier molecular flexibility index (Phi) is 4.22. The van der Waals surface area contributed by atoms with Crippen LogP contribution >= 0.6 is 0 Å². The first-order valence-electron chi connectivity index (χ1n) is 5.98. The molecule has 114 valence electrons. The van der Waals surface area contributed by atoms with Gasteiger partial charge in [0.1, 0.15) is 11.5 Å². The molecule has 0 spiro atoms. The Bertz CT molecular complexity index is 735. The monoisotopic (exact) mass is 311 g/mol. The summed E-state index contributed by atoms with van der Waals surface area (Å²) in [4.78, 5) is 0. The van der Waals surface area contributed by atoms with Gasteiger partial charge in [-0.2, -0.15) is 18.4 Å². The number of halogens is 4. The van der Waals surface area contributed by atoms with E-state index in [0.717, 1.165) is 18.2 Å². The van der Waals surface area contributed by atoms with Crippen molar-refractivity contribution in [2.75, 3.05) is 7.11 Å². The smallest absolute Gasteiger partial charge is 0.417 e. The molecule has 0 aliphatic carbocycles. The molecule has 0 unspecified atom stereocenters. The highest BCUT2D eigenvalue weighted by Gasteiger charge is 2.34. The van der Waals surface area contributed by atoms with Crippen LogP contribution in [-0.2, 0) is 6.18 Å². The van der Waals surface area contributed by atoms with E-state index in [1.807, 2.05) is 0 Å². The summed E-state index contributed by atoms with van der Waals surface area (Å²) < 4.78 is 62.1. The van der Waals surface area contributed by atoms with Gasteiger partial charge >= 0.3 is 6.18 Å². The molecule has 0 aliphatic rings. The summed E-state index contributed by atoms with van der Waals surface area (Å²) in [5, 5.41) is 8.70. The zero-order valence-electron chi connectivity index (χ0n) is 11.2. The summed E-state index contributed by atoms with van der Waals surface area (Å²) in [7, 11) is 1.35. The first kappa shape index (κ1) is 15.6. The van der Waals surface area contributed by atoms with Crippen LogP contribution in [-0.4, -0.2) is 7.11 Å². The number of benzene rings is 2. The lowest BCUT2D eigenvalue weighted by molar-refractivity contribution is -0.137. The molecule has 0 atom stereocenters. The van der Waals surface area contributed by atoms with Crippen LogP contribution in [0.2, 0.25) is 0 Å². The van der Waals surface area contributed by atoms with Crippen LogP contribution in [0.15, 0.2) is 36.4 Å². The molecular weight excluding hydrogens is 302 g/mol. The second-order valence-electron chi connectivity index (χ2n) is 4.22. The Morgan fingerprint density at radius 2 is 1.73 bits per heavy atom. The van der Waals surface area contributed by atoms with Gasteiger partial charge in [-0.25, -0.2) is 4.39 Å². The normalized spacial score (nSPS) is 10.9.